The Morgan fingerprint density at radius 1 is 0.963 bits per heavy atom. The summed E-state index contributed by atoms with van der Waals surface area (Å²) in [4.78, 5) is 12.0. The number of anilines is 1. The minimum Gasteiger partial charge on any atom is -0.403 e. The Bertz CT molecular complexity index is 986. The first-order valence-corrected chi connectivity index (χ1v) is 10.3. The van der Waals surface area contributed by atoms with Crippen LogP contribution in [-0.2, 0) is 20.4 Å². The van der Waals surface area contributed by atoms with Crippen molar-refractivity contribution in [3.05, 3.63) is 66.2 Å². The van der Waals surface area contributed by atoms with Crippen LogP contribution in [-0.4, -0.2) is 30.3 Å². The van der Waals surface area contributed by atoms with E-state index in [4.69, 9.17) is 4.42 Å². The van der Waals surface area contributed by atoms with Crippen molar-refractivity contribution in [3.8, 4) is 11.5 Å². The summed E-state index contributed by atoms with van der Waals surface area (Å²) in [6.45, 7) is 0. The number of carbonyl (C=O) groups excluding carboxylic acids is 1. The molecule has 2 aromatic carbocycles. The largest absolute Gasteiger partial charge is 0.403 e. The number of hydrogen-bond donors (Lipinski definition) is 1. The molecule has 3 aromatic rings. The van der Waals surface area contributed by atoms with E-state index < -0.39 is 9.84 Å². The van der Waals surface area contributed by atoms with E-state index in [9.17, 15) is 13.2 Å². The van der Waals surface area contributed by atoms with Gasteiger partial charge in [0.2, 0.25) is 11.8 Å². The predicted molar refractivity (Wildman–Crippen MR) is 102 cm³/mol. The molecule has 0 bridgehead atoms. The van der Waals surface area contributed by atoms with E-state index in [-0.39, 0.29) is 36.3 Å². The number of nitrogens with one attached hydrogen (secondary N) is 1. The summed E-state index contributed by atoms with van der Waals surface area (Å²) < 4.78 is 29.6. The van der Waals surface area contributed by atoms with E-state index in [1.807, 2.05) is 36.4 Å². The minimum absolute atomic E-state index is 0.00834. The molecule has 0 spiro atoms. The standard InChI is InChI=1S/C19H19N3O4S/c23-17(12-7-13-27(24,25)14-15-8-3-1-4-9-15)20-19-22-21-18(26-19)16-10-5-2-6-11-16/h1-6,8-11H,7,12-14H2,(H,20,22,23). The number of benzene rings is 2. The maximum Gasteiger partial charge on any atom is 0.322 e. The molecule has 1 aromatic heterocycles. The Morgan fingerprint density at radius 3 is 2.33 bits per heavy atom. The topological polar surface area (TPSA) is 102 Å². The number of nitrogens with zero attached hydrogens (tertiary/aromatic N) is 2. The first kappa shape index (κ1) is 18.8. The summed E-state index contributed by atoms with van der Waals surface area (Å²) in [5.74, 6) is -0.155. The third kappa shape index (κ3) is 5.75. The maximum atomic E-state index is 12.1. The Morgan fingerprint density at radius 2 is 1.63 bits per heavy atom. The molecular formula is C19H19N3O4S. The first-order chi connectivity index (χ1) is 13.0. The molecule has 1 N–H and O–H groups in total. The Kier molecular flexibility index (Phi) is 5.97. The fourth-order valence-corrected chi connectivity index (χ4v) is 3.93. The first-order valence-electron chi connectivity index (χ1n) is 8.45. The van der Waals surface area contributed by atoms with Gasteiger partial charge in [-0.3, -0.25) is 10.1 Å². The molecular weight excluding hydrogens is 366 g/mol. The lowest BCUT2D eigenvalue weighted by Crippen LogP contribution is -2.15. The van der Waals surface area contributed by atoms with Crippen molar-refractivity contribution < 1.29 is 17.6 Å². The SMILES string of the molecule is O=C(CCCS(=O)(=O)Cc1ccccc1)Nc1nnc(-c2ccccc2)o1. The van der Waals surface area contributed by atoms with Crippen LogP contribution in [0.5, 0.6) is 0 Å². The second-order valence-electron chi connectivity index (χ2n) is 6.01. The average molecular weight is 385 g/mol. The fourth-order valence-electron chi connectivity index (χ4n) is 2.51. The Balaban J connectivity index is 1.47. The summed E-state index contributed by atoms with van der Waals surface area (Å²) in [7, 11) is -3.27. The molecule has 0 aliphatic heterocycles. The smallest absolute Gasteiger partial charge is 0.322 e. The van der Waals surface area contributed by atoms with E-state index in [2.05, 4.69) is 15.5 Å². The zero-order chi connectivity index (χ0) is 19.1. The molecule has 0 unspecified atom stereocenters. The second kappa shape index (κ2) is 8.59. The van der Waals surface area contributed by atoms with Gasteiger partial charge in [0.15, 0.2) is 9.84 Å². The van der Waals surface area contributed by atoms with Crippen LogP contribution in [0.25, 0.3) is 11.5 Å². The van der Waals surface area contributed by atoms with Crippen molar-refractivity contribution in [2.45, 2.75) is 18.6 Å². The van der Waals surface area contributed by atoms with Crippen molar-refractivity contribution in [2.24, 2.45) is 0 Å². The Labute approximate surface area is 157 Å². The van der Waals surface area contributed by atoms with Gasteiger partial charge in [-0.15, -0.1) is 5.10 Å². The third-order valence-electron chi connectivity index (χ3n) is 3.78. The molecule has 140 valence electrons. The van der Waals surface area contributed by atoms with E-state index in [0.717, 1.165) is 11.1 Å². The summed E-state index contributed by atoms with van der Waals surface area (Å²) in [6.07, 6.45) is 0.276. The third-order valence-corrected chi connectivity index (χ3v) is 5.46. The highest BCUT2D eigenvalue weighted by atomic mass is 32.2. The predicted octanol–water partition coefficient (Wildman–Crippen LogP) is 3.07. The molecule has 0 radical (unpaired) electrons. The van der Waals surface area contributed by atoms with Crippen LogP contribution in [0, 0.1) is 0 Å². The van der Waals surface area contributed by atoms with E-state index in [0.29, 0.717) is 5.89 Å². The quantitative estimate of drug-likeness (QED) is 0.639. The lowest BCUT2D eigenvalue weighted by molar-refractivity contribution is -0.116. The lowest BCUT2D eigenvalue weighted by atomic mass is 10.2. The summed E-state index contributed by atoms with van der Waals surface area (Å²) >= 11 is 0. The number of hydrogen-bond acceptors (Lipinski definition) is 6. The number of amides is 1. The monoisotopic (exact) mass is 385 g/mol. The van der Waals surface area contributed by atoms with Gasteiger partial charge in [0.1, 0.15) is 0 Å². The van der Waals surface area contributed by atoms with Crippen LogP contribution in [0.1, 0.15) is 18.4 Å². The van der Waals surface area contributed by atoms with Gasteiger partial charge >= 0.3 is 6.01 Å². The molecule has 0 aliphatic rings. The van der Waals surface area contributed by atoms with Gasteiger partial charge in [-0.1, -0.05) is 53.6 Å². The number of aromatic nitrogens is 2. The summed E-state index contributed by atoms with van der Waals surface area (Å²) in [5, 5.41) is 10.2. The van der Waals surface area contributed by atoms with Crippen molar-refractivity contribution in [3.63, 3.8) is 0 Å². The lowest BCUT2D eigenvalue weighted by Gasteiger charge is -2.04. The van der Waals surface area contributed by atoms with Gasteiger partial charge in [-0.05, 0) is 24.1 Å². The highest BCUT2D eigenvalue weighted by Crippen LogP contribution is 2.19. The van der Waals surface area contributed by atoms with Gasteiger partial charge in [0.25, 0.3) is 0 Å². The molecule has 0 aliphatic carbocycles. The molecule has 0 saturated carbocycles. The molecule has 0 saturated heterocycles. The van der Waals surface area contributed by atoms with Crippen LogP contribution in [0.3, 0.4) is 0 Å². The van der Waals surface area contributed by atoms with Crippen LogP contribution < -0.4 is 5.32 Å². The zero-order valence-electron chi connectivity index (χ0n) is 14.5. The van der Waals surface area contributed by atoms with Crippen molar-refractivity contribution >= 4 is 21.8 Å². The van der Waals surface area contributed by atoms with Crippen molar-refractivity contribution in [1.29, 1.82) is 0 Å². The number of rotatable bonds is 8. The molecule has 8 heteroatoms. The van der Waals surface area contributed by atoms with Gasteiger partial charge < -0.3 is 4.42 Å². The van der Waals surface area contributed by atoms with Crippen molar-refractivity contribution in [1.82, 2.24) is 10.2 Å². The van der Waals surface area contributed by atoms with Crippen molar-refractivity contribution in [2.75, 3.05) is 11.1 Å². The van der Waals surface area contributed by atoms with Gasteiger partial charge in [-0.25, -0.2) is 8.42 Å². The molecule has 0 fully saturated rings. The molecule has 7 nitrogen and oxygen atoms in total. The van der Waals surface area contributed by atoms with Crippen LogP contribution in [0.4, 0.5) is 6.01 Å². The minimum atomic E-state index is -3.27. The maximum absolute atomic E-state index is 12.1. The highest BCUT2D eigenvalue weighted by molar-refractivity contribution is 7.90. The molecule has 3 rings (SSSR count). The van der Waals surface area contributed by atoms with Gasteiger partial charge in [0, 0.05) is 12.0 Å². The fraction of sp³-hybridized carbons (Fsp3) is 0.211. The van der Waals surface area contributed by atoms with E-state index in [1.54, 1.807) is 24.3 Å². The second-order valence-corrected chi connectivity index (χ2v) is 8.19. The molecule has 0 atom stereocenters. The van der Waals surface area contributed by atoms with Gasteiger partial charge in [0.05, 0.1) is 11.5 Å². The molecule has 1 amide bonds. The Hall–Kier alpha value is -3.00. The van der Waals surface area contributed by atoms with E-state index in [1.165, 1.54) is 0 Å². The zero-order valence-corrected chi connectivity index (χ0v) is 15.4. The number of carbonyl (C=O) groups is 1. The van der Waals surface area contributed by atoms with E-state index >= 15 is 0 Å². The summed E-state index contributed by atoms with van der Waals surface area (Å²) in [5.41, 5.74) is 1.48. The number of sulfone groups is 1. The average Bonchev–Trinajstić information content (AvgIpc) is 3.11. The molecule has 1 heterocycles. The normalized spacial score (nSPS) is 11.3. The van der Waals surface area contributed by atoms with Crippen LogP contribution in [0.15, 0.2) is 65.1 Å². The molecule has 27 heavy (non-hydrogen) atoms. The summed E-state index contributed by atoms with van der Waals surface area (Å²) in [6, 6.07) is 18.1. The van der Waals surface area contributed by atoms with Crippen LogP contribution >= 0.6 is 0 Å². The van der Waals surface area contributed by atoms with Gasteiger partial charge in [-0.2, -0.15) is 0 Å². The highest BCUT2D eigenvalue weighted by Gasteiger charge is 2.15. The van der Waals surface area contributed by atoms with Crippen LogP contribution in [0.2, 0.25) is 0 Å².